The molecule has 21 heavy (non-hydrogen) atoms. The van der Waals surface area contributed by atoms with E-state index in [-0.39, 0.29) is 6.04 Å². The molecule has 2 N–H and O–H groups in total. The quantitative estimate of drug-likeness (QED) is 0.827. The molecule has 0 bridgehead atoms. The van der Waals surface area contributed by atoms with Gasteiger partial charge in [0.05, 0.1) is 12.6 Å². The lowest BCUT2D eigenvalue weighted by atomic mass is 10.0. The highest BCUT2D eigenvalue weighted by Gasteiger charge is 2.19. The third kappa shape index (κ3) is 3.32. The summed E-state index contributed by atoms with van der Waals surface area (Å²) in [6, 6.07) is 5.82. The van der Waals surface area contributed by atoms with Crippen LogP contribution < -0.4 is 10.5 Å². The predicted molar refractivity (Wildman–Crippen MR) is 83.0 cm³/mol. The van der Waals surface area contributed by atoms with Crippen LogP contribution in [0.25, 0.3) is 11.4 Å². The molecule has 2 atom stereocenters. The number of tetrazole rings is 1. The summed E-state index contributed by atoms with van der Waals surface area (Å²) >= 11 is 0. The zero-order valence-electron chi connectivity index (χ0n) is 13.1. The molecule has 114 valence electrons. The lowest BCUT2D eigenvalue weighted by molar-refractivity contribution is 0.338. The molecule has 0 aliphatic heterocycles. The van der Waals surface area contributed by atoms with E-state index in [4.69, 9.17) is 10.5 Å². The van der Waals surface area contributed by atoms with Crippen molar-refractivity contribution in [3.05, 3.63) is 18.2 Å². The number of nitrogens with zero attached hydrogens (tertiary/aromatic N) is 4. The molecule has 1 aromatic carbocycles. The van der Waals surface area contributed by atoms with E-state index < -0.39 is 0 Å². The van der Waals surface area contributed by atoms with Crippen LogP contribution in [0.4, 0.5) is 5.69 Å². The van der Waals surface area contributed by atoms with Gasteiger partial charge < -0.3 is 10.5 Å². The van der Waals surface area contributed by atoms with Crippen LogP contribution in [0.3, 0.4) is 0 Å². The highest BCUT2D eigenvalue weighted by atomic mass is 16.5. The molecule has 0 spiro atoms. The van der Waals surface area contributed by atoms with Gasteiger partial charge in [-0.1, -0.05) is 20.3 Å². The smallest absolute Gasteiger partial charge is 0.182 e. The Morgan fingerprint density at radius 1 is 1.24 bits per heavy atom. The predicted octanol–water partition coefficient (Wildman–Crippen LogP) is 2.93. The van der Waals surface area contributed by atoms with Gasteiger partial charge in [0.1, 0.15) is 5.75 Å². The second kappa shape index (κ2) is 6.56. The lowest BCUT2D eigenvalue weighted by Gasteiger charge is -2.19. The van der Waals surface area contributed by atoms with Crippen molar-refractivity contribution in [1.29, 1.82) is 0 Å². The molecule has 0 saturated heterocycles. The lowest BCUT2D eigenvalue weighted by Crippen LogP contribution is -2.16. The number of rotatable bonds is 6. The maximum Gasteiger partial charge on any atom is 0.182 e. The van der Waals surface area contributed by atoms with Crippen LogP contribution in [0, 0.1) is 5.92 Å². The molecule has 0 amide bonds. The third-order valence-corrected chi connectivity index (χ3v) is 3.84. The number of nitrogen functional groups attached to an aromatic ring is 1. The van der Waals surface area contributed by atoms with Crippen LogP contribution in [0.1, 0.15) is 40.2 Å². The fraction of sp³-hybridized carbons (Fsp3) is 0.533. The van der Waals surface area contributed by atoms with E-state index in [9.17, 15) is 0 Å². The van der Waals surface area contributed by atoms with Crippen molar-refractivity contribution in [1.82, 2.24) is 20.2 Å². The van der Waals surface area contributed by atoms with Gasteiger partial charge in [-0.05, 0) is 42.3 Å². The van der Waals surface area contributed by atoms with Gasteiger partial charge in [0.25, 0.3) is 0 Å². The van der Waals surface area contributed by atoms with E-state index in [0.717, 1.165) is 23.6 Å². The van der Waals surface area contributed by atoms with Crippen molar-refractivity contribution >= 4 is 5.69 Å². The summed E-state index contributed by atoms with van der Waals surface area (Å²) < 4.78 is 7.40. The molecular weight excluding hydrogens is 266 g/mol. The van der Waals surface area contributed by atoms with Crippen molar-refractivity contribution < 1.29 is 4.74 Å². The summed E-state index contributed by atoms with van der Waals surface area (Å²) in [6.07, 6.45) is 1.07. The first kappa shape index (κ1) is 15.3. The minimum absolute atomic E-state index is 0.219. The zero-order chi connectivity index (χ0) is 15.4. The summed E-state index contributed by atoms with van der Waals surface area (Å²) in [5.74, 6) is 1.94. The second-order valence-electron chi connectivity index (χ2n) is 5.30. The molecule has 1 aromatic heterocycles. The van der Waals surface area contributed by atoms with Crippen molar-refractivity contribution in [2.45, 2.75) is 40.2 Å². The van der Waals surface area contributed by atoms with Crippen LogP contribution >= 0.6 is 0 Å². The fourth-order valence-electron chi connectivity index (χ4n) is 2.24. The number of benzene rings is 1. The first-order valence-corrected chi connectivity index (χ1v) is 7.38. The standard InChI is InChI=1S/C15H23N5O/c1-5-10(3)11(4)20-15(17-18-19-20)12-7-13(16)9-14(8-12)21-6-2/h7-11H,5-6,16H2,1-4H3. The average molecular weight is 289 g/mol. The highest BCUT2D eigenvalue weighted by molar-refractivity contribution is 5.64. The Bertz CT molecular complexity index is 595. The van der Waals surface area contributed by atoms with E-state index in [1.54, 1.807) is 6.07 Å². The van der Waals surface area contributed by atoms with E-state index in [1.165, 1.54) is 0 Å². The van der Waals surface area contributed by atoms with Gasteiger partial charge >= 0.3 is 0 Å². The van der Waals surface area contributed by atoms with Gasteiger partial charge in [-0.2, -0.15) is 0 Å². The Balaban J connectivity index is 2.41. The Morgan fingerprint density at radius 2 is 2.00 bits per heavy atom. The normalized spacial score (nSPS) is 13.9. The summed E-state index contributed by atoms with van der Waals surface area (Å²) in [6.45, 7) is 9.03. The Hall–Kier alpha value is -2.11. The summed E-state index contributed by atoms with van der Waals surface area (Å²) in [5, 5.41) is 12.1. The number of hydrogen-bond acceptors (Lipinski definition) is 5. The molecule has 0 aliphatic rings. The van der Waals surface area contributed by atoms with Crippen LogP contribution in [0.2, 0.25) is 0 Å². The Morgan fingerprint density at radius 3 is 2.67 bits per heavy atom. The average Bonchev–Trinajstić information content (AvgIpc) is 2.94. The van der Waals surface area contributed by atoms with E-state index in [2.05, 4.69) is 36.3 Å². The molecule has 2 unspecified atom stereocenters. The van der Waals surface area contributed by atoms with Crippen molar-refractivity contribution in [2.24, 2.45) is 5.92 Å². The Labute approximate surface area is 125 Å². The first-order chi connectivity index (χ1) is 10.1. The van der Waals surface area contributed by atoms with E-state index in [1.807, 2.05) is 23.7 Å². The fourth-order valence-corrected chi connectivity index (χ4v) is 2.24. The maximum atomic E-state index is 5.95. The highest BCUT2D eigenvalue weighted by Crippen LogP contribution is 2.29. The number of anilines is 1. The molecule has 0 fully saturated rings. The molecule has 6 nitrogen and oxygen atoms in total. The monoisotopic (exact) mass is 289 g/mol. The summed E-state index contributed by atoms with van der Waals surface area (Å²) in [5.41, 5.74) is 7.46. The van der Waals surface area contributed by atoms with E-state index >= 15 is 0 Å². The molecule has 2 rings (SSSR count). The minimum Gasteiger partial charge on any atom is -0.494 e. The van der Waals surface area contributed by atoms with Gasteiger partial charge in [-0.3, -0.25) is 0 Å². The number of ether oxygens (including phenoxy) is 1. The molecule has 1 heterocycles. The van der Waals surface area contributed by atoms with Gasteiger partial charge in [0.2, 0.25) is 0 Å². The van der Waals surface area contributed by atoms with Crippen LogP contribution in [-0.2, 0) is 0 Å². The molecule has 0 radical (unpaired) electrons. The zero-order valence-corrected chi connectivity index (χ0v) is 13.1. The topological polar surface area (TPSA) is 78.8 Å². The molecule has 2 aromatic rings. The second-order valence-corrected chi connectivity index (χ2v) is 5.30. The largest absolute Gasteiger partial charge is 0.494 e. The van der Waals surface area contributed by atoms with Crippen LogP contribution in [0.5, 0.6) is 5.75 Å². The molecular formula is C15H23N5O. The summed E-state index contributed by atoms with van der Waals surface area (Å²) in [7, 11) is 0. The number of nitrogens with two attached hydrogens (primary N) is 1. The van der Waals surface area contributed by atoms with Gasteiger partial charge in [0, 0.05) is 17.3 Å². The molecule has 0 aliphatic carbocycles. The van der Waals surface area contributed by atoms with Crippen molar-refractivity contribution in [2.75, 3.05) is 12.3 Å². The summed E-state index contributed by atoms with van der Waals surface area (Å²) in [4.78, 5) is 0. The molecule has 0 saturated carbocycles. The van der Waals surface area contributed by atoms with Gasteiger partial charge in [0.15, 0.2) is 5.82 Å². The Kier molecular flexibility index (Phi) is 4.77. The van der Waals surface area contributed by atoms with Crippen molar-refractivity contribution in [3.63, 3.8) is 0 Å². The van der Waals surface area contributed by atoms with Crippen LogP contribution in [-0.4, -0.2) is 26.8 Å². The van der Waals surface area contributed by atoms with Crippen LogP contribution in [0.15, 0.2) is 18.2 Å². The maximum absolute atomic E-state index is 5.95. The number of hydrogen-bond donors (Lipinski definition) is 1. The third-order valence-electron chi connectivity index (χ3n) is 3.84. The number of aromatic nitrogens is 4. The van der Waals surface area contributed by atoms with Gasteiger partial charge in [-0.25, -0.2) is 4.68 Å². The van der Waals surface area contributed by atoms with Crippen molar-refractivity contribution in [3.8, 4) is 17.1 Å². The van der Waals surface area contributed by atoms with Gasteiger partial charge in [-0.15, -0.1) is 5.10 Å². The molecule has 6 heteroatoms. The SMILES string of the molecule is CCOc1cc(N)cc(-c2nnnn2C(C)C(C)CC)c1. The first-order valence-electron chi connectivity index (χ1n) is 7.38. The van der Waals surface area contributed by atoms with E-state index in [0.29, 0.717) is 18.2 Å². The minimum atomic E-state index is 0.219.